The highest BCUT2D eigenvalue weighted by Gasteiger charge is 1.95. The molecule has 0 aliphatic heterocycles. The van der Waals surface area contributed by atoms with Gasteiger partial charge in [0.2, 0.25) is 0 Å². The van der Waals surface area contributed by atoms with E-state index in [1.807, 2.05) is 125 Å². The number of hydrogen-bond donors (Lipinski definition) is 0. The molecule has 0 N–H and O–H groups in total. The van der Waals surface area contributed by atoms with E-state index in [-0.39, 0.29) is 0 Å². The Hall–Kier alpha value is -4.46. The summed E-state index contributed by atoms with van der Waals surface area (Å²) in [6.07, 6.45) is 14.8. The highest BCUT2D eigenvalue weighted by atomic mass is 15.0. The van der Waals surface area contributed by atoms with Gasteiger partial charge in [-0.2, -0.15) is 0 Å². The van der Waals surface area contributed by atoms with E-state index in [4.69, 9.17) is 0 Å². The molecule has 0 saturated heterocycles. The molecule has 5 heterocycles. The molecule has 0 radical (unpaired) electrons. The minimum Gasteiger partial charge on any atom is -0.261 e. The lowest BCUT2D eigenvalue weighted by molar-refractivity contribution is -0.681. The zero-order chi connectivity index (χ0) is 30.8. The van der Waals surface area contributed by atoms with E-state index in [9.17, 15) is 0 Å². The topological polar surface area (TPSA) is 67.1 Å². The molecule has 0 amide bonds. The molecule has 0 bridgehead atoms. The Morgan fingerprint density at radius 1 is 0.488 bits per heavy atom. The fourth-order valence-corrected chi connectivity index (χ4v) is 2.89. The molecular formula is C33H48N8+4. The molecule has 0 aliphatic carbocycles. The summed E-state index contributed by atoms with van der Waals surface area (Å²) in [5.41, 5.74) is 7.49. The predicted molar refractivity (Wildman–Crippen MR) is 161 cm³/mol. The van der Waals surface area contributed by atoms with E-state index in [1.54, 1.807) is 31.2 Å². The molecule has 216 valence electrons. The molecule has 0 aromatic carbocycles. The van der Waals surface area contributed by atoms with Gasteiger partial charge in [0.1, 0.15) is 37.0 Å². The van der Waals surface area contributed by atoms with Gasteiger partial charge in [0.15, 0.2) is 11.9 Å². The Kier molecular flexibility index (Phi) is 15.8. The molecule has 0 atom stereocenters. The standard InChI is InChI=1S/C8H11N.C7H10N.3C6H9N2/c1-6-4-5-9-8(3)7(6)2;1-7-5-3-4-6-8(7)2;2*1-6-3-4-7-5-8(6)2;1-6-7-4-3-5-8(6)2/h4-5H,1-3H3;3-6H,1-2H3;3*3-5H,1-2H3/q;4*+1. The SMILES string of the molecule is Cc1cccc[n+]1C.Cc1ccnc(C)c1C.Cc1ccnc[n+]1C.Cc1ccnc[n+]1C.Cc1nccc[n+]1C. The molecule has 8 nitrogen and oxygen atoms in total. The van der Waals surface area contributed by atoms with Crippen LogP contribution in [0.1, 0.15) is 39.7 Å². The molecule has 0 saturated carbocycles. The van der Waals surface area contributed by atoms with Gasteiger partial charge in [0.05, 0.1) is 27.3 Å². The minimum atomic E-state index is 1.03. The van der Waals surface area contributed by atoms with Crippen LogP contribution in [0.5, 0.6) is 0 Å². The maximum absolute atomic E-state index is 4.14. The molecule has 8 heteroatoms. The van der Waals surface area contributed by atoms with Crippen molar-refractivity contribution in [3.8, 4) is 0 Å². The van der Waals surface area contributed by atoms with Crippen LogP contribution in [0.15, 0.2) is 92.3 Å². The second-order valence-corrected chi connectivity index (χ2v) is 9.73. The van der Waals surface area contributed by atoms with Gasteiger partial charge in [-0.05, 0) is 51.8 Å². The van der Waals surface area contributed by atoms with Crippen LogP contribution in [-0.4, -0.2) is 19.9 Å². The summed E-state index contributed by atoms with van der Waals surface area (Å²) in [6.45, 7) is 14.4. The van der Waals surface area contributed by atoms with Crippen molar-refractivity contribution in [3.05, 3.63) is 132 Å². The Morgan fingerprint density at radius 2 is 1.02 bits per heavy atom. The van der Waals surface area contributed by atoms with Crippen molar-refractivity contribution >= 4 is 0 Å². The van der Waals surface area contributed by atoms with Crippen LogP contribution in [0.2, 0.25) is 0 Å². The fraction of sp³-hybridized carbons (Fsp3) is 0.333. The Bertz CT molecular complexity index is 1190. The third-order valence-corrected chi connectivity index (χ3v) is 6.61. The molecule has 5 aromatic rings. The molecule has 5 rings (SSSR count). The molecule has 5 aromatic heterocycles. The van der Waals surface area contributed by atoms with Crippen molar-refractivity contribution in [3.63, 3.8) is 0 Å². The Balaban J connectivity index is 0.000000256. The molecule has 0 aliphatic rings. The van der Waals surface area contributed by atoms with Gasteiger partial charge >= 0.3 is 0 Å². The largest absolute Gasteiger partial charge is 0.294 e. The van der Waals surface area contributed by atoms with E-state index in [0.717, 1.165) is 11.5 Å². The van der Waals surface area contributed by atoms with Crippen molar-refractivity contribution in [1.29, 1.82) is 0 Å². The molecular weight excluding hydrogens is 508 g/mol. The minimum absolute atomic E-state index is 1.03. The molecule has 0 unspecified atom stereocenters. The number of aryl methyl sites for hydroxylation is 10. The summed E-state index contributed by atoms with van der Waals surface area (Å²) >= 11 is 0. The van der Waals surface area contributed by atoms with Crippen molar-refractivity contribution in [2.24, 2.45) is 28.2 Å². The molecule has 0 spiro atoms. The number of hydrogen-bond acceptors (Lipinski definition) is 4. The van der Waals surface area contributed by atoms with Crippen molar-refractivity contribution < 1.29 is 18.3 Å². The number of nitrogens with zero attached hydrogens (tertiary/aromatic N) is 8. The van der Waals surface area contributed by atoms with Crippen molar-refractivity contribution in [2.45, 2.75) is 48.5 Å². The van der Waals surface area contributed by atoms with E-state index in [2.05, 4.69) is 51.3 Å². The highest BCUT2D eigenvalue weighted by molar-refractivity contribution is 5.25. The summed E-state index contributed by atoms with van der Waals surface area (Å²) in [5, 5.41) is 0. The monoisotopic (exact) mass is 556 g/mol. The lowest BCUT2D eigenvalue weighted by Gasteiger charge is -1.99. The fourth-order valence-electron chi connectivity index (χ4n) is 2.89. The van der Waals surface area contributed by atoms with E-state index < -0.39 is 0 Å². The normalized spacial score (nSPS) is 9.34. The van der Waals surface area contributed by atoms with Crippen molar-refractivity contribution in [1.82, 2.24) is 19.9 Å². The maximum atomic E-state index is 4.14. The predicted octanol–water partition coefficient (Wildman–Crippen LogP) is 3.47. The van der Waals surface area contributed by atoms with Crippen LogP contribution in [-0.2, 0) is 28.2 Å². The smallest absolute Gasteiger partial charge is 0.261 e. The summed E-state index contributed by atoms with van der Waals surface area (Å²) < 4.78 is 8.00. The number of aromatic nitrogens is 8. The highest BCUT2D eigenvalue weighted by Crippen LogP contribution is 2.06. The summed E-state index contributed by atoms with van der Waals surface area (Å²) in [5.74, 6) is 1.03. The molecule has 41 heavy (non-hydrogen) atoms. The first-order chi connectivity index (χ1) is 19.4. The lowest BCUT2D eigenvalue weighted by Crippen LogP contribution is -2.31. The third-order valence-electron chi connectivity index (χ3n) is 6.61. The van der Waals surface area contributed by atoms with Gasteiger partial charge in [0, 0.05) is 56.1 Å². The summed E-state index contributed by atoms with van der Waals surface area (Å²) in [6, 6.07) is 14.0. The van der Waals surface area contributed by atoms with E-state index in [0.29, 0.717) is 0 Å². The first kappa shape index (κ1) is 34.6. The summed E-state index contributed by atoms with van der Waals surface area (Å²) in [4.78, 5) is 16.0. The first-order valence-electron chi connectivity index (χ1n) is 13.5. The second kappa shape index (κ2) is 18.8. The van der Waals surface area contributed by atoms with Gasteiger partial charge in [0.25, 0.3) is 18.5 Å². The lowest BCUT2D eigenvalue weighted by atomic mass is 10.1. The van der Waals surface area contributed by atoms with Crippen LogP contribution in [0, 0.1) is 48.5 Å². The van der Waals surface area contributed by atoms with Crippen LogP contribution in [0.25, 0.3) is 0 Å². The van der Waals surface area contributed by atoms with E-state index >= 15 is 0 Å². The average Bonchev–Trinajstić information content (AvgIpc) is 2.95. The van der Waals surface area contributed by atoms with Crippen LogP contribution in [0.4, 0.5) is 0 Å². The van der Waals surface area contributed by atoms with Gasteiger partial charge in [-0.15, -0.1) is 0 Å². The van der Waals surface area contributed by atoms with E-state index in [1.165, 1.54) is 28.2 Å². The van der Waals surface area contributed by atoms with Gasteiger partial charge in [-0.25, -0.2) is 18.3 Å². The third kappa shape index (κ3) is 13.9. The van der Waals surface area contributed by atoms with Gasteiger partial charge in [-0.1, -0.05) is 21.0 Å². The van der Waals surface area contributed by atoms with Crippen LogP contribution in [0.3, 0.4) is 0 Å². The Morgan fingerprint density at radius 3 is 1.34 bits per heavy atom. The zero-order valence-corrected chi connectivity index (χ0v) is 26.7. The number of rotatable bonds is 0. The first-order valence-corrected chi connectivity index (χ1v) is 13.5. The second-order valence-electron chi connectivity index (χ2n) is 9.73. The number of pyridine rings is 2. The van der Waals surface area contributed by atoms with Crippen molar-refractivity contribution in [2.75, 3.05) is 0 Å². The molecule has 0 fully saturated rings. The average molecular weight is 557 g/mol. The zero-order valence-electron chi connectivity index (χ0n) is 26.7. The summed E-state index contributed by atoms with van der Waals surface area (Å²) in [7, 11) is 7.96. The van der Waals surface area contributed by atoms with Crippen LogP contribution >= 0.6 is 0 Å². The Labute approximate surface area is 246 Å². The van der Waals surface area contributed by atoms with Gasteiger partial charge in [-0.3, -0.25) is 4.98 Å². The quantitative estimate of drug-likeness (QED) is 0.274. The van der Waals surface area contributed by atoms with Gasteiger partial charge < -0.3 is 0 Å². The van der Waals surface area contributed by atoms with Crippen LogP contribution < -0.4 is 18.3 Å². The maximum Gasteiger partial charge on any atom is 0.294 e.